The molecular weight excluding hydrogens is 308 g/mol. The van der Waals surface area contributed by atoms with Crippen LogP contribution < -0.4 is 5.32 Å². The number of hydrogen-bond donors (Lipinski definition) is 1. The number of amides is 1. The fraction of sp³-hybridized carbons (Fsp3) is 0.118. The van der Waals surface area contributed by atoms with E-state index in [1.54, 1.807) is 42.7 Å². The summed E-state index contributed by atoms with van der Waals surface area (Å²) >= 11 is 0. The molecule has 0 spiro atoms. The first kappa shape index (κ1) is 15.5. The highest BCUT2D eigenvalue weighted by atomic mass is 16.6. The minimum atomic E-state index is -0.445. The molecule has 3 aromatic rings. The number of rotatable bonds is 5. The molecule has 1 aromatic heterocycles. The Bertz CT molecular complexity index is 911. The van der Waals surface area contributed by atoms with Crippen LogP contribution in [0.1, 0.15) is 12.0 Å². The fourth-order valence-corrected chi connectivity index (χ4v) is 2.35. The second kappa shape index (κ2) is 6.82. The molecule has 120 valence electrons. The van der Waals surface area contributed by atoms with Crippen molar-refractivity contribution in [2.24, 2.45) is 0 Å². The van der Waals surface area contributed by atoms with Gasteiger partial charge in [0.25, 0.3) is 5.69 Å². The summed E-state index contributed by atoms with van der Waals surface area (Å²) in [6.45, 7) is 0. The van der Waals surface area contributed by atoms with Gasteiger partial charge < -0.3 is 5.32 Å². The number of carbonyl (C=O) groups is 1. The van der Waals surface area contributed by atoms with E-state index in [0.29, 0.717) is 17.6 Å². The number of non-ortho nitro benzene ring substituents is 1. The zero-order chi connectivity index (χ0) is 16.9. The van der Waals surface area contributed by atoms with E-state index in [1.165, 1.54) is 12.1 Å². The highest BCUT2D eigenvalue weighted by Crippen LogP contribution is 2.17. The lowest BCUT2D eigenvalue weighted by atomic mass is 10.1. The number of fused-ring (bicyclic) bond motifs is 1. The second-order valence-corrected chi connectivity index (χ2v) is 5.24. The Kier molecular flexibility index (Phi) is 4.42. The number of nitro groups is 1. The molecule has 7 nitrogen and oxygen atoms in total. The molecule has 1 amide bonds. The maximum absolute atomic E-state index is 12.1. The van der Waals surface area contributed by atoms with Gasteiger partial charge >= 0.3 is 0 Å². The smallest absolute Gasteiger partial charge is 0.269 e. The monoisotopic (exact) mass is 322 g/mol. The summed E-state index contributed by atoms with van der Waals surface area (Å²) in [6.07, 6.45) is 3.87. The van der Waals surface area contributed by atoms with Crippen molar-refractivity contribution in [3.63, 3.8) is 0 Å². The molecule has 7 heteroatoms. The molecule has 0 aliphatic rings. The molecule has 0 atom stereocenters. The van der Waals surface area contributed by atoms with Gasteiger partial charge in [0.15, 0.2) is 0 Å². The van der Waals surface area contributed by atoms with Crippen molar-refractivity contribution in [1.29, 1.82) is 0 Å². The number of anilines is 1. The van der Waals surface area contributed by atoms with E-state index in [4.69, 9.17) is 0 Å². The van der Waals surface area contributed by atoms with Crippen LogP contribution >= 0.6 is 0 Å². The summed E-state index contributed by atoms with van der Waals surface area (Å²) in [5.74, 6) is -0.162. The van der Waals surface area contributed by atoms with Gasteiger partial charge in [0.1, 0.15) is 0 Å². The van der Waals surface area contributed by atoms with E-state index < -0.39 is 4.92 Å². The van der Waals surface area contributed by atoms with Crippen molar-refractivity contribution in [3.8, 4) is 0 Å². The molecule has 0 aliphatic heterocycles. The molecule has 0 unspecified atom stereocenters. The summed E-state index contributed by atoms with van der Waals surface area (Å²) in [6, 6.07) is 11.6. The van der Waals surface area contributed by atoms with Gasteiger partial charge in [0, 0.05) is 36.6 Å². The molecule has 0 saturated carbocycles. The van der Waals surface area contributed by atoms with Crippen LogP contribution in [0.15, 0.2) is 54.9 Å². The van der Waals surface area contributed by atoms with E-state index >= 15 is 0 Å². The van der Waals surface area contributed by atoms with Crippen LogP contribution in [0.4, 0.5) is 11.4 Å². The maximum atomic E-state index is 12.1. The van der Waals surface area contributed by atoms with Gasteiger partial charge in [-0.2, -0.15) is 0 Å². The van der Waals surface area contributed by atoms with Crippen LogP contribution in [-0.2, 0) is 11.2 Å². The molecule has 0 aliphatic carbocycles. The molecule has 0 radical (unpaired) electrons. The van der Waals surface area contributed by atoms with E-state index in [2.05, 4.69) is 15.3 Å². The Morgan fingerprint density at radius 2 is 1.88 bits per heavy atom. The fourth-order valence-electron chi connectivity index (χ4n) is 2.35. The lowest BCUT2D eigenvalue weighted by Crippen LogP contribution is -2.12. The molecular formula is C17H14N4O3. The molecule has 2 aromatic carbocycles. The van der Waals surface area contributed by atoms with Crippen molar-refractivity contribution in [2.45, 2.75) is 12.8 Å². The van der Waals surface area contributed by atoms with E-state index in [-0.39, 0.29) is 18.0 Å². The lowest BCUT2D eigenvalue weighted by Gasteiger charge is -2.06. The Labute approximate surface area is 137 Å². The predicted octanol–water partition coefficient (Wildman–Crippen LogP) is 3.11. The van der Waals surface area contributed by atoms with E-state index in [1.807, 2.05) is 0 Å². The van der Waals surface area contributed by atoms with Crippen LogP contribution in [0, 0.1) is 10.1 Å². The summed E-state index contributed by atoms with van der Waals surface area (Å²) in [7, 11) is 0. The summed E-state index contributed by atoms with van der Waals surface area (Å²) < 4.78 is 0. The Morgan fingerprint density at radius 3 is 2.67 bits per heavy atom. The van der Waals surface area contributed by atoms with Crippen molar-refractivity contribution < 1.29 is 9.72 Å². The first-order valence-electron chi connectivity index (χ1n) is 7.36. The van der Waals surface area contributed by atoms with Crippen LogP contribution in [0.25, 0.3) is 11.0 Å². The van der Waals surface area contributed by atoms with Crippen LogP contribution in [0.5, 0.6) is 0 Å². The van der Waals surface area contributed by atoms with E-state index in [9.17, 15) is 14.9 Å². The van der Waals surface area contributed by atoms with Gasteiger partial charge in [-0.15, -0.1) is 0 Å². The lowest BCUT2D eigenvalue weighted by molar-refractivity contribution is -0.384. The van der Waals surface area contributed by atoms with Gasteiger partial charge in [0.2, 0.25) is 5.91 Å². The van der Waals surface area contributed by atoms with Gasteiger partial charge in [-0.25, -0.2) is 0 Å². The van der Waals surface area contributed by atoms with E-state index in [0.717, 1.165) is 11.1 Å². The summed E-state index contributed by atoms with van der Waals surface area (Å²) in [5.41, 5.74) is 2.89. The number of carbonyl (C=O) groups excluding carboxylic acids is 1. The Morgan fingerprint density at radius 1 is 1.08 bits per heavy atom. The quantitative estimate of drug-likeness (QED) is 0.575. The van der Waals surface area contributed by atoms with Gasteiger partial charge in [0.05, 0.1) is 16.0 Å². The number of nitrogens with zero attached hydrogens (tertiary/aromatic N) is 3. The number of nitrogens with one attached hydrogen (secondary N) is 1. The zero-order valence-electron chi connectivity index (χ0n) is 12.7. The average molecular weight is 322 g/mol. The average Bonchev–Trinajstić information content (AvgIpc) is 2.60. The number of nitro benzene ring substituents is 1. The first-order chi connectivity index (χ1) is 11.6. The molecule has 1 N–H and O–H groups in total. The first-order valence-corrected chi connectivity index (χ1v) is 7.36. The molecule has 0 saturated heterocycles. The van der Waals surface area contributed by atoms with Crippen molar-refractivity contribution in [1.82, 2.24) is 9.97 Å². The van der Waals surface area contributed by atoms with Gasteiger partial charge in [-0.05, 0) is 30.2 Å². The molecule has 24 heavy (non-hydrogen) atoms. The Balaban J connectivity index is 1.62. The molecule has 0 fully saturated rings. The third-order valence-electron chi connectivity index (χ3n) is 3.52. The zero-order valence-corrected chi connectivity index (χ0v) is 12.7. The number of aromatic nitrogens is 2. The van der Waals surface area contributed by atoms with Crippen molar-refractivity contribution in [2.75, 3.05) is 5.32 Å². The topological polar surface area (TPSA) is 98.0 Å². The Hall–Kier alpha value is -3.35. The van der Waals surface area contributed by atoms with Crippen molar-refractivity contribution in [3.05, 3.63) is 70.5 Å². The largest absolute Gasteiger partial charge is 0.326 e. The second-order valence-electron chi connectivity index (χ2n) is 5.24. The predicted molar refractivity (Wildman–Crippen MR) is 89.6 cm³/mol. The molecule has 3 rings (SSSR count). The normalized spacial score (nSPS) is 10.5. The van der Waals surface area contributed by atoms with Crippen LogP contribution in [0.2, 0.25) is 0 Å². The minimum absolute atomic E-state index is 0.0287. The highest BCUT2D eigenvalue weighted by molar-refractivity contribution is 5.93. The number of aryl methyl sites for hydroxylation is 1. The van der Waals surface area contributed by atoms with Gasteiger partial charge in [-0.3, -0.25) is 24.9 Å². The third-order valence-corrected chi connectivity index (χ3v) is 3.52. The van der Waals surface area contributed by atoms with Crippen LogP contribution in [-0.4, -0.2) is 20.8 Å². The van der Waals surface area contributed by atoms with Crippen LogP contribution in [0.3, 0.4) is 0 Å². The highest BCUT2D eigenvalue weighted by Gasteiger charge is 2.08. The number of benzene rings is 2. The molecule has 0 bridgehead atoms. The number of hydrogen-bond acceptors (Lipinski definition) is 5. The molecule has 1 heterocycles. The van der Waals surface area contributed by atoms with Crippen molar-refractivity contribution >= 4 is 28.3 Å². The summed E-state index contributed by atoms with van der Waals surface area (Å²) in [5, 5.41) is 13.6. The van der Waals surface area contributed by atoms with Gasteiger partial charge in [-0.1, -0.05) is 12.1 Å². The SMILES string of the molecule is O=C(CCc1cccc([N+](=O)[O-])c1)Nc1ccc2nccnc2c1. The minimum Gasteiger partial charge on any atom is -0.326 e. The standard InChI is InChI=1S/C17H14N4O3/c22-17(7-4-12-2-1-3-14(10-12)21(23)24)20-13-5-6-15-16(11-13)19-9-8-18-15/h1-3,5-6,8-11H,4,7H2,(H,20,22). The summed E-state index contributed by atoms with van der Waals surface area (Å²) in [4.78, 5) is 30.7. The third kappa shape index (κ3) is 3.70. The maximum Gasteiger partial charge on any atom is 0.269 e.